The zero-order chi connectivity index (χ0) is 14.8. The summed E-state index contributed by atoms with van der Waals surface area (Å²) in [6.07, 6.45) is 2.93. The molecule has 0 aliphatic rings. The van der Waals surface area contributed by atoms with Gasteiger partial charge in [0.2, 0.25) is 11.8 Å². The summed E-state index contributed by atoms with van der Waals surface area (Å²) in [7, 11) is 0. The largest absolute Gasteiger partial charge is 0.355 e. The lowest BCUT2D eigenvalue weighted by Crippen LogP contribution is -2.47. The molecule has 0 aromatic heterocycles. The Hall–Kier alpha value is -1.49. The fourth-order valence-electron chi connectivity index (χ4n) is 1.83. The molecule has 0 aliphatic carbocycles. The second-order valence-electron chi connectivity index (χ2n) is 4.46. The highest BCUT2D eigenvalue weighted by atomic mass is 32.2. The van der Waals surface area contributed by atoms with Crippen molar-refractivity contribution in [3.05, 3.63) is 35.9 Å². The average Bonchev–Trinajstić information content (AvgIpc) is 2.44. The molecular formula is C15H22N2O2S. The van der Waals surface area contributed by atoms with Gasteiger partial charge in [-0.1, -0.05) is 30.3 Å². The van der Waals surface area contributed by atoms with Gasteiger partial charge in [0, 0.05) is 6.54 Å². The number of likely N-dealkylation sites (N-methyl/N-ethyl adjacent to an activating group) is 1. The minimum atomic E-state index is -0.446. The summed E-state index contributed by atoms with van der Waals surface area (Å²) in [4.78, 5) is 23.9. The molecule has 1 aromatic rings. The van der Waals surface area contributed by atoms with Gasteiger partial charge in [-0.25, -0.2) is 0 Å². The lowest BCUT2D eigenvalue weighted by Gasteiger charge is -2.17. The Morgan fingerprint density at radius 2 is 1.95 bits per heavy atom. The van der Waals surface area contributed by atoms with Crippen molar-refractivity contribution in [2.24, 2.45) is 0 Å². The van der Waals surface area contributed by atoms with Crippen molar-refractivity contribution in [1.29, 1.82) is 0 Å². The maximum absolute atomic E-state index is 12.0. The average molecular weight is 294 g/mol. The third kappa shape index (κ3) is 6.10. The Bertz CT molecular complexity index is 423. The maximum Gasteiger partial charge on any atom is 0.242 e. The smallest absolute Gasteiger partial charge is 0.242 e. The fourth-order valence-corrected chi connectivity index (χ4v) is 2.30. The maximum atomic E-state index is 12.0. The summed E-state index contributed by atoms with van der Waals surface area (Å²) in [5, 5.41) is 5.58. The predicted octanol–water partition coefficient (Wildman–Crippen LogP) is 1.60. The van der Waals surface area contributed by atoms with E-state index in [1.165, 1.54) is 0 Å². The summed E-state index contributed by atoms with van der Waals surface area (Å²) in [6.45, 7) is 2.44. The molecule has 0 unspecified atom stereocenters. The van der Waals surface area contributed by atoms with Gasteiger partial charge in [-0.05, 0) is 30.9 Å². The first-order chi connectivity index (χ1) is 9.67. The minimum Gasteiger partial charge on any atom is -0.355 e. The molecular weight excluding hydrogens is 272 g/mol. The molecule has 1 rings (SSSR count). The molecule has 0 heterocycles. The second-order valence-corrected chi connectivity index (χ2v) is 5.44. The van der Waals surface area contributed by atoms with Crippen LogP contribution in [-0.2, 0) is 16.0 Å². The third-order valence-corrected chi connectivity index (χ3v) is 3.46. The quantitative estimate of drug-likeness (QED) is 0.766. The van der Waals surface area contributed by atoms with Crippen molar-refractivity contribution in [2.45, 2.75) is 25.8 Å². The Morgan fingerprint density at radius 3 is 2.55 bits per heavy atom. The molecule has 20 heavy (non-hydrogen) atoms. The van der Waals surface area contributed by atoms with Crippen molar-refractivity contribution in [3.8, 4) is 0 Å². The van der Waals surface area contributed by atoms with Gasteiger partial charge in [0.1, 0.15) is 6.04 Å². The van der Waals surface area contributed by atoms with Crippen LogP contribution in [0.15, 0.2) is 30.3 Å². The predicted molar refractivity (Wildman–Crippen MR) is 83.8 cm³/mol. The molecule has 110 valence electrons. The van der Waals surface area contributed by atoms with E-state index in [1.54, 1.807) is 11.8 Å². The van der Waals surface area contributed by atoms with Crippen molar-refractivity contribution in [3.63, 3.8) is 0 Å². The van der Waals surface area contributed by atoms with Gasteiger partial charge in [-0.15, -0.1) is 0 Å². The zero-order valence-corrected chi connectivity index (χ0v) is 12.8. The number of thioether (sulfide) groups is 1. The molecule has 2 amide bonds. The van der Waals surface area contributed by atoms with Crippen LogP contribution in [0.1, 0.15) is 18.9 Å². The number of hydrogen-bond donors (Lipinski definition) is 2. The fraction of sp³-hybridized carbons (Fsp3) is 0.467. The highest BCUT2D eigenvalue weighted by Crippen LogP contribution is 2.03. The Morgan fingerprint density at radius 1 is 1.25 bits per heavy atom. The Balaban J connectivity index is 2.54. The summed E-state index contributed by atoms with van der Waals surface area (Å²) in [5.74, 6) is 0.615. The molecule has 0 spiro atoms. The summed E-state index contributed by atoms with van der Waals surface area (Å²) < 4.78 is 0. The number of rotatable bonds is 8. The van der Waals surface area contributed by atoms with Crippen LogP contribution in [0.4, 0.5) is 0 Å². The van der Waals surface area contributed by atoms with E-state index in [-0.39, 0.29) is 11.8 Å². The summed E-state index contributed by atoms with van der Waals surface area (Å²) >= 11 is 1.67. The van der Waals surface area contributed by atoms with E-state index in [0.29, 0.717) is 19.4 Å². The monoisotopic (exact) mass is 294 g/mol. The molecule has 0 saturated heterocycles. The second kappa shape index (κ2) is 9.42. The standard InChI is InChI=1S/C15H22N2O2S/c1-3-16-15(19)13(9-10-20-2)17-14(18)11-12-7-5-4-6-8-12/h4-8,13H,3,9-11H2,1-2H3,(H,16,19)(H,17,18)/t13-/m0/s1. The van der Waals surface area contributed by atoms with Crippen LogP contribution in [0.25, 0.3) is 0 Å². The number of hydrogen-bond acceptors (Lipinski definition) is 3. The van der Waals surface area contributed by atoms with Crippen LogP contribution in [-0.4, -0.2) is 36.4 Å². The van der Waals surface area contributed by atoms with Gasteiger partial charge >= 0.3 is 0 Å². The highest BCUT2D eigenvalue weighted by molar-refractivity contribution is 7.98. The SMILES string of the molecule is CCNC(=O)[C@H](CCSC)NC(=O)Cc1ccccc1. The van der Waals surface area contributed by atoms with E-state index < -0.39 is 6.04 Å². The van der Waals surface area contributed by atoms with Crippen LogP contribution in [0.5, 0.6) is 0 Å². The molecule has 0 radical (unpaired) electrons. The van der Waals surface area contributed by atoms with Crippen molar-refractivity contribution in [2.75, 3.05) is 18.6 Å². The molecule has 5 heteroatoms. The number of nitrogens with one attached hydrogen (secondary N) is 2. The first-order valence-electron chi connectivity index (χ1n) is 6.77. The molecule has 1 aromatic carbocycles. The normalized spacial score (nSPS) is 11.7. The van der Waals surface area contributed by atoms with Crippen molar-refractivity contribution >= 4 is 23.6 Å². The third-order valence-electron chi connectivity index (χ3n) is 2.82. The van der Waals surface area contributed by atoms with Gasteiger partial charge in [0.25, 0.3) is 0 Å². The van der Waals surface area contributed by atoms with E-state index in [9.17, 15) is 9.59 Å². The molecule has 0 saturated carbocycles. The number of carbonyl (C=O) groups excluding carboxylic acids is 2. The topological polar surface area (TPSA) is 58.2 Å². The van der Waals surface area contributed by atoms with Gasteiger partial charge < -0.3 is 10.6 Å². The lowest BCUT2D eigenvalue weighted by molar-refractivity contribution is -0.128. The molecule has 4 nitrogen and oxygen atoms in total. The van der Waals surface area contributed by atoms with E-state index in [4.69, 9.17) is 0 Å². The van der Waals surface area contributed by atoms with Crippen LogP contribution < -0.4 is 10.6 Å². The van der Waals surface area contributed by atoms with E-state index in [1.807, 2.05) is 43.5 Å². The Labute approximate surface area is 124 Å². The Kier molecular flexibility index (Phi) is 7.80. The van der Waals surface area contributed by atoms with E-state index in [0.717, 1.165) is 11.3 Å². The highest BCUT2D eigenvalue weighted by Gasteiger charge is 2.19. The van der Waals surface area contributed by atoms with Crippen LogP contribution in [0, 0.1) is 0 Å². The minimum absolute atomic E-state index is 0.108. The number of amides is 2. The van der Waals surface area contributed by atoms with Crippen LogP contribution in [0.2, 0.25) is 0 Å². The molecule has 2 N–H and O–H groups in total. The van der Waals surface area contributed by atoms with Gasteiger partial charge in [-0.3, -0.25) is 9.59 Å². The van der Waals surface area contributed by atoms with Gasteiger partial charge in [-0.2, -0.15) is 11.8 Å². The molecule has 0 aliphatic heterocycles. The summed E-state index contributed by atoms with van der Waals surface area (Å²) in [5.41, 5.74) is 0.949. The molecule has 0 fully saturated rings. The lowest BCUT2D eigenvalue weighted by atomic mass is 10.1. The first kappa shape index (κ1) is 16.6. The van der Waals surface area contributed by atoms with E-state index in [2.05, 4.69) is 10.6 Å². The summed E-state index contributed by atoms with van der Waals surface area (Å²) in [6, 6.07) is 9.08. The first-order valence-corrected chi connectivity index (χ1v) is 8.16. The number of benzene rings is 1. The molecule has 0 bridgehead atoms. The van der Waals surface area contributed by atoms with Crippen LogP contribution >= 0.6 is 11.8 Å². The molecule has 1 atom stereocenters. The van der Waals surface area contributed by atoms with Crippen molar-refractivity contribution < 1.29 is 9.59 Å². The van der Waals surface area contributed by atoms with Gasteiger partial charge in [0.15, 0.2) is 0 Å². The van der Waals surface area contributed by atoms with E-state index >= 15 is 0 Å². The zero-order valence-electron chi connectivity index (χ0n) is 12.0. The van der Waals surface area contributed by atoms with Gasteiger partial charge in [0.05, 0.1) is 6.42 Å². The van der Waals surface area contributed by atoms with Crippen molar-refractivity contribution in [1.82, 2.24) is 10.6 Å². The number of carbonyl (C=O) groups is 2. The van der Waals surface area contributed by atoms with Crippen LogP contribution in [0.3, 0.4) is 0 Å².